The van der Waals surface area contributed by atoms with Gasteiger partial charge >= 0.3 is 0 Å². The van der Waals surface area contributed by atoms with E-state index in [1.54, 1.807) is 18.4 Å². The number of anilines is 1. The third kappa shape index (κ3) is 2.92. The Kier molecular flexibility index (Phi) is 4.24. The van der Waals surface area contributed by atoms with E-state index in [9.17, 15) is 4.79 Å². The van der Waals surface area contributed by atoms with Gasteiger partial charge in [0, 0.05) is 33.2 Å². The van der Waals surface area contributed by atoms with Crippen molar-refractivity contribution in [1.29, 1.82) is 0 Å². The fourth-order valence-electron chi connectivity index (χ4n) is 3.22. The maximum atomic E-state index is 12.3. The molecule has 5 heteroatoms. The molecule has 1 aliphatic rings. The second-order valence-electron chi connectivity index (χ2n) is 5.94. The van der Waals surface area contributed by atoms with Crippen LogP contribution in [0.2, 0.25) is 5.02 Å². The van der Waals surface area contributed by atoms with Crippen molar-refractivity contribution in [2.24, 2.45) is 0 Å². The molecule has 0 saturated heterocycles. The van der Waals surface area contributed by atoms with E-state index in [2.05, 4.69) is 10.7 Å². The Morgan fingerprint density at radius 2 is 1.92 bits per heavy atom. The first-order chi connectivity index (χ1) is 12.2. The summed E-state index contributed by atoms with van der Waals surface area (Å²) in [4.78, 5) is 13.5. The molecule has 3 aromatic rings. The lowest BCUT2D eigenvalue weighted by molar-refractivity contribution is -0.116. The molecule has 1 aromatic heterocycles. The summed E-state index contributed by atoms with van der Waals surface area (Å²) in [6.45, 7) is 0. The zero-order valence-electron chi connectivity index (χ0n) is 13.6. The molecule has 2 heterocycles. The Labute approximate surface area is 155 Å². The van der Waals surface area contributed by atoms with Crippen LogP contribution in [0.15, 0.2) is 53.9 Å². The average molecular weight is 370 g/mol. The van der Waals surface area contributed by atoms with Crippen molar-refractivity contribution in [1.82, 2.24) is 0 Å². The maximum absolute atomic E-state index is 12.3. The van der Waals surface area contributed by atoms with Crippen LogP contribution in [0, 0.1) is 0 Å². The molecule has 1 amide bonds. The number of thiophene rings is 1. The number of methoxy groups -OCH3 is 1. The number of fused-ring (bicyclic) bond motifs is 1. The molecule has 0 aliphatic carbocycles. The highest BCUT2D eigenvalue weighted by molar-refractivity contribution is 7.11. The minimum atomic E-state index is -0.00514. The lowest BCUT2D eigenvalue weighted by atomic mass is 9.89. The maximum Gasteiger partial charge on any atom is 0.225 e. The number of halogens is 1. The van der Waals surface area contributed by atoms with Gasteiger partial charge in [0.25, 0.3) is 0 Å². The van der Waals surface area contributed by atoms with Crippen molar-refractivity contribution in [2.45, 2.75) is 12.3 Å². The molecule has 1 N–H and O–H groups in total. The smallest absolute Gasteiger partial charge is 0.225 e. The topological polar surface area (TPSA) is 38.3 Å². The molecule has 126 valence electrons. The molecule has 0 bridgehead atoms. The summed E-state index contributed by atoms with van der Waals surface area (Å²) in [5.41, 5.74) is 3.99. The molecule has 0 saturated carbocycles. The van der Waals surface area contributed by atoms with Gasteiger partial charge in [0.05, 0.1) is 12.8 Å². The average Bonchev–Trinajstić information content (AvgIpc) is 3.05. The fraction of sp³-hybridized carbons (Fsp3) is 0.150. The predicted molar refractivity (Wildman–Crippen MR) is 103 cm³/mol. The summed E-state index contributed by atoms with van der Waals surface area (Å²) in [5, 5.41) is 5.85. The zero-order chi connectivity index (χ0) is 17.4. The first kappa shape index (κ1) is 16.2. The molecular formula is C20H16ClNO2S. The van der Waals surface area contributed by atoms with Crippen LogP contribution in [0.1, 0.15) is 22.8 Å². The second-order valence-corrected chi connectivity index (χ2v) is 7.26. The van der Waals surface area contributed by atoms with Crippen molar-refractivity contribution in [3.05, 3.63) is 69.4 Å². The molecule has 1 aliphatic heterocycles. The van der Waals surface area contributed by atoms with Gasteiger partial charge in [0.1, 0.15) is 5.75 Å². The summed E-state index contributed by atoms with van der Waals surface area (Å²) in [6.07, 6.45) is 0.416. The third-order valence-corrected chi connectivity index (χ3v) is 5.91. The van der Waals surface area contributed by atoms with Crippen molar-refractivity contribution in [3.8, 4) is 16.9 Å². The summed E-state index contributed by atoms with van der Waals surface area (Å²) in [7, 11) is 1.65. The van der Waals surface area contributed by atoms with Gasteiger partial charge in [-0.1, -0.05) is 41.9 Å². The number of carbonyl (C=O) groups excluding carboxylic acids is 1. The minimum Gasteiger partial charge on any atom is -0.497 e. The van der Waals surface area contributed by atoms with Crippen LogP contribution in [0.25, 0.3) is 11.1 Å². The molecule has 25 heavy (non-hydrogen) atoms. The van der Waals surface area contributed by atoms with Gasteiger partial charge in [-0.2, -0.15) is 0 Å². The lowest BCUT2D eigenvalue weighted by Crippen LogP contribution is -2.22. The minimum absolute atomic E-state index is 0.00514. The van der Waals surface area contributed by atoms with Gasteiger partial charge in [-0.25, -0.2) is 0 Å². The van der Waals surface area contributed by atoms with Crippen molar-refractivity contribution in [3.63, 3.8) is 0 Å². The fourth-order valence-corrected chi connectivity index (χ4v) is 4.64. The number of rotatable bonds is 3. The van der Waals surface area contributed by atoms with Gasteiger partial charge in [0.15, 0.2) is 0 Å². The van der Waals surface area contributed by atoms with Gasteiger partial charge < -0.3 is 10.1 Å². The molecular weight excluding hydrogens is 354 g/mol. The first-order valence-corrected chi connectivity index (χ1v) is 9.23. The SMILES string of the molecule is COc1ccc(-c2csc3c2NC(=O)C[C@H]3c2ccccc2Cl)cc1. The first-order valence-electron chi connectivity index (χ1n) is 7.97. The van der Waals surface area contributed by atoms with Gasteiger partial charge in [-0.05, 0) is 29.3 Å². The second kappa shape index (κ2) is 6.54. The number of nitrogens with one attached hydrogen (secondary N) is 1. The largest absolute Gasteiger partial charge is 0.497 e. The highest BCUT2D eigenvalue weighted by Gasteiger charge is 2.31. The van der Waals surface area contributed by atoms with Crippen molar-refractivity contribution in [2.75, 3.05) is 12.4 Å². The summed E-state index contributed by atoms with van der Waals surface area (Å²) >= 11 is 8.05. The zero-order valence-corrected chi connectivity index (χ0v) is 15.2. The van der Waals surface area contributed by atoms with E-state index < -0.39 is 0 Å². The summed E-state index contributed by atoms with van der Waals surface area (Å²) in [5.74, 6) is 0.825. The van der Waals surface area contributed by atoms with E-state index in [0.717, 1.165) is 33.0 Å². The number of hydrogen-bond donors (Lipinski definition) is 1. The molecule has 0 radical (unpaired) electrons. The van der Waals surface area contributed by atoms with Gasteiger partial charge in [0.2, 0.25) is 5.91 Å². The Morgan fingerprint density at radius 3 is 2.64 bits per heavy atom. The highest BCUT2D eigenvalue weighted by Crippen LogP contribution is 2.47. The van der Waals surface area contributed by atoms with E-state index in [4.69, 9.17) is 16.3 Å². The van der Waals surface area contributed by atoms with E-state index in [0.29, 0.717) is 11.4 Å². The van der Waals surface area contributed by atoms with Crippen molar-refractivity contribution < 1.29 is 9.53 Å². The monoisotopic (exact) mass is 369 g/mol. The standard InChI is InChI=1S/C20H16ClNO2S/c1-24-13-8-6-12(7-9-13)16-11-25-20-15(10-18(23)22-19(16)20)14-4-2-3-5-17(14)21/h2-9,11,15H,10H2,1H3,(H,22,23)/t15-/m0/s1. The number of ether oxygens (including phenoxy) is 1. The van der Waals surface area contributed by atoms with Gasteiger partial charge in [-0.15, -0.1) is 11.3 Å². The Morgan fingerprint density at radius 1 is 1.16 bits per heavy atom. The molecule has 0 spiro atoms. The number of benzene rings is 2. The van der Waals surface area contributed by atoms with Crippen LogP contribution < -0.4 is 10.1 Å². The lowest BCUT2D eigenvalue weighted by Gasteiger charge is -2.24. The summed E-state index contributed by atoms with van der Waals surface area (Å²) < 4.78 is 5.22. The number of hydrogen-bond acceptors (Lipinski definition) is 3. The quantitative estimate of drug-likeness (QED) is 0.657. The number of amides is 1. The molecule has 4 rings (SSSR count). The predicted octanol–water partition coefficient (Wildman–Crippen LogP) is 5.55. The molecule has 1 atom stereocenters. The Balaban J connectivity index is 1.80. The van der Waals surface area contributed by atoms with Crippen LogP contribution in [0.5, 0.6) is 5.75 Å². The van der Waals surface area contributed by atoms with Crippen LogP contribution in [-0.2, 0) is 4.79 Å². The van der Waals surface area contributed by atoms with E-state index >= 15 is 0 Å². The highest BCUT2D eigenvalue weighted by atomic mass is 35.5. The third-order valence-electron chi connectivity index (χ3n) is 4.47. The van der Waals surface area contributed by atoms with Crippen molar-refractivity contribution >= 4 is 34.5 Å². The molecule has 3 nitrogen and oxygen atoms in total. The summed E-state index contributed by atoms with van der Waals surface area (Å²) in [6, 6.07) is 15.6. The van der Waals surface area contributed by atoms with E-state index in [-0.39, 0.29) is 11.8 Å². The van der Waals surface area contributed by atoms with Gasteiger partial charge in [-0.3, -0.25) is 4.79 Å². The normalized spacial score (nSPS) is 16.2. The van der Waals surface area contributed by atoms with E-state index in [1.807, 2.05) is 48.5 Å². The van der Waals surface area contributed by atoms with Crippen LogP contribution in [0.3, 0.4) is 0 Å². The molecule has 0 unspecified atom stereocenters. The van der Waals surface area contributed by atoms with Crippen LogP contribution >= 0.6 is 22.9 Å². The van der Waals surface area contributed by atoms with E-state index in [1.165, 1.54) is 0 Å². The molecule has 0 fully saturated rings. The Bertz CT molecular complexity index is 933. The molecule has 2 aromatic carbocycles. The number of carbonyl (C=O) groups is 1. The van der Waals surface area contributed by atoms with Crippen LogP contribution in [0.4, 0.5) is 5.69 Å². The van der Waals surface area contributed by atoms with Crippen LogP contribution in [-0.4, -0.2) is 13.0 Å². The Hall–Kier alpha value is -2.30.